The van der Waals surface area contributed by atoms with Crippen LogP contribution in [0.15, 0.2) is 34.5 Å². The van der Waals surface area contributed by atoms with E-state index in [1.807, 2.05) is 0 Å². The highest BCUT2D eigenvalue weighted by atomic mass is 32.2. The van der Waals surface area contributed by atoms with Crippen molar-refractivity contribution in [2.75, 3.05) is 5.32 Å². The molecule has 0 unspecified atom stereocenters. The number of nitrogens with zero attached hydrogens (tertiary/aromatic N) is 2. The van der Waals surface area contributed by atoms with Crippen LogP contribution in [-0.2, 0) is 6.18 Å². The second kappa shape index (κ2) is 7.36. The van der Waals surface area contributed by atoms with Gasteiger partial charge in [-0.3, -0.25) is 0 Å². The van der Waals surface area contributed by atoms with Crippen molar-refractivity contribution in [3.05, 3.63) is 29.8 Å². The van der Waals surface area contributed by atoms with Crippen LogP contribution in [0.25, 0.3) is 0 Å². The maximum Gasteiger partial charge on any atom is 0.416 e. The van der Waals surface area contributed by atoms with Crippen LogP contribution in [0.5, 0.6) is 0 Å². The van der Waals surface area contributed by atoms with Crippen molar-refractivity contribution in [2.24, 2.45) is 10.2 Å². The summed E-state index contributed by atoms with van der Waals surface area (Å²) in [4.78, 5) is 10.5. The number of rotatable bonds is 3. The van der Waals surface area contributed by atoms with E-state index >= 15 is 0 Å². The zero-order valence-electron chi connectivity index (χ0n) is 11.1. The van der Waals surface area contributed by atoms with Crippen molar-refractivity contribution in [3.8, 4) is 0 Å². The van der Waals surface area contributed by atoms with E-state index < -0.39 is 27.2 Å². The summed E-state index contributed by atoms with van der Waals surface area (Å²) in [5.74, 6) is 0. The molecule has 1 aliphatic rings. The van der Waals surface area contributed by atoms with Gasteiger partial charge in [0, 0.05) is 5.69 Å². The van der Waals surface area contributed by atoms with Crippen molar-refractivity contribution in [1.29, 1.82) is 0 Å². The molecule has 0 spiro atoms. The lowest BCUT2D eigenvalue weighted by molar-refractivity contribution is -0.137. The summed E-state index contributed by atoms with van der Waals surface area (Å²) in [6.07, 6.45) is -4.44. The summed E-state index contributed by atoms with van der Waals surface area (Å²) in [5, 5.41) is 20.5. The number of azo groups is 1. The largest absolute Gasteiger partial charge is 0.473 e. The van der Waals surface area contributed by atoms with Gasteiger partial charge in [0.25, 0.3) is 0 Å². The van der Waals surface area contributed by atoms with Crippen molar-refractivity contribution in [2.45, 2.75) is 16.4 Å². The molecule has 1 heterocycles. The lowest BCUT2D eigenvalue weighted by Gasteiger charge is -2.14. The maximum absolute atomic E-state index is 12.6. The normalized spacial score (nSPS) is 20.3. The second-order valence-corrected chi connectivity index (χ2v) is 6.99. The molecule has 23 heavy (non-hydrogen) atoms. The Labute approximate surface area is 142 Å². The molecule has 0 aromatic heterocycles. The Kier molecular flexibility index (Phi) is 5.70. The van der Waals surface area contributed by atoms with Crippen LogP contribution >= 0.6 is 35.7 Å². The minimum Gasteiger partial charge on any atom is -0.473 e. The van der Waals surface area contributed by atoms with E-state index in [1.165, 1.54) is 12.1 Å². The topological polar surface area (TPSA) is 86.1 Å². The number of benzene rings is 1. The zero-order chi connectivity index (χ0) is 17.0. The molecule has 6 nitrogen and oxygen atoms in total. The highest BCUT2D eigenvalue weighted by Gasteiger charge is 2.30. The van der Waals surface area contributed by atoms with E-state index in [9.17, 15) is 18.0 Å². The molecule has 12 heteroatoms. The maximum atomic E-state index is 12.6. The summed E-state index contributed by atoms with van der Waals surface area (Å²) in [5.41, 5.74) is -1.22. The standard InChI is InChI=1S/C11H9F3N4O2S3/c12-11(13,14)5-2-1-3-6(4-5)15-7(21)16-8-17-18-9(22-8)23-10(19)20/h1-4,8-9H,(H,19,20)(H2,15,16,21)/t8-,9+/m1/s1. The molecule has 1 aromatic rings. The average molecular weight is 382 g/mol. The Morgan fingerprint density at radius 1 is 1.39 bits per heavy atom. The fraction of sp³-hybridized carbons (Fsp3) is 0.273. The molecular weight excluding hydrogens is 373 g/mol. The summed E-state index contributed by atoms with van der Waals surface area (Å²) >= 11 is 6.70. The van der Waals surface area contributed by atoms with Crippen LogP contribution in [0.1, 0.15) is 5.56 Å². The van der Waals surface area contributed by atoms with E-state index in [-0.39, 0.29) is 10.8 Å². The predicted molar refractivity (Wildman–Crippen MR) is 86.4 cm³/mol. The molecule has 0 radical (unpaired) electrons. The van der Waals surface area contributed by atoms with Gasteiger partial charge in [0.1, 0.15) is 0 Å². The SMILES string of the molecule is O=C(O)S[C@H]1N=N[C@@H](NC(=S)Nc2cccc(C(F)(F)F)c2)S1. The van der Waals surface area contributed by atoms with E-state index in [4.69, 9.17) is 17.3 Å². The molecule has 0 saturated heterocycles. The molecule has 1 aliphatic heterocycles. The van der Waals surface area contributed by atoms with Gasteiger partial charge in [0.2, 0.25) is 0 Å². The summed E-state index contributed by atoms with van der Waals surface area (Å²) in [7, 11) is 0. The number of anilines is 1. The molecular formula is C11H9F3N4O2S3. The first-order chi connectivity index (χ1) is 10.7. The van der Waals surface area contributed by atoms with Crippen LogP contribution in [0.4, 0.5) is 23.7 Å². The number of carbonyl (C=O) groups is 1. The molecule has 3 N–H and O–H groups in total. The Hall–Kier alpha value is -1.53. The molecule has 0 bridgehead atoms. The molecule has 0 amide bonds. The fourth-order valence-electron chi connectivity index (χ4n) is 1.53. The predicted octanol–water partition coefficient (Wildman–Crippen LogP) is 4.17. The Bertz CT molecular complexity index is 641. The molecule has 0 aliphatic carbocycles. The Morgan fingerprint density at radius 2 is 2.13 bits per heavy atom. The highest BCUT2D eigenvalue weighted by Crippen LogP contribution is 2.34. The number of thioether (sulfide) groups is 2. The molecule has 0 fully saturated rings. The number of carboxylic acid groups (broad SMARTS) is 1. The van der Waals surface area contributed by atoms with Crippen molar-refractivity contribution < 1.29 is 23.1 Å². The average Bonchev–Trinajstić information content (AvgIpc) is 2.84. The minimum atomic E-state index is -4.44. The van der Waals surface area contributed by atoms with Crippen LogP contribution < -0.4 is 10.6 Å². The number of hydrogen-bond donors (Lipinski definition) is 3. The van der Waals surface area contributed by atoms with E-state index in [2.05, 4.69) is 20.9 Å². The number of hydrogen-bond acceptors (Lipinski definition) is 6. The first-order valence-corrected chi connectivity index (χ1v) is 8.17. The van der Waals surface area contributed by atoms with Gasteiger partial charge in [-0.05, 0) is 42.2 Å². The summed E-state index contributed by atoms with van der Waals surface area (Å²) in [6.45, 7) is 0. The van der Waals surface area contributed by atoms with Gasteiger partial charge in [-0.2, -0.15) is 23.4 Å². The Morgan fingerprint density at radius 3 is 2.78 bits per heavy atom. The van der Waals surface area contributed by atoms with Gasteiger partial charge in [0.15, 0.2) is 15.3 Å². The van der Waals surface area contributed by atoms with Crippen LogP contribution in [-0.4, -0.2) is 25.7 Å². The first-order valence-electron chi connectivity index (χ1n) is 5.94. The van der Waals surface area contributed by atoms with Gasteiger partial charge < -0.3 is 15.7 Å². The van der Waals surface area contributed by atoms with E-state index in [0.717, 1.165) is 23.9 Å². The van der Waals surface area contributed by atoms with Crippen molar-refractivity contribution in [3.63, 3.8) is 0 Å². The van der Waals surface area contributed by atoms with Crippen LogP contribution in [0, 0.1) is 0 Å². The third-order valence-electron chi connectivity index (χ3n) is 2.42. The molecule has 2 rings (SSSR count). The molecule has 0 saturated carbocycles. The smallest absolute Gasteiger partial charge is 0.416 e. The quantitative estimate of drug-likeness (QED) is 0.677. The number of alkyl halides is 3. The zero-order valence-corrected chi connectivity index (χ0v) is 13.5. The number of thiocarbonyl (C=S) groups is 1. The van der Waals surface area contributed by atoms with Crippen LogP contribution in [0.3, 0.4) is 0 Å². The highest BCUT2D eigenvalue weighted by molar-refractivity contribution is 8.24. The van der Waals surface area contributed by atoms with Gasteiger partial charge >= 0.3 is 11.5 Å². The minimum absolute atomic E-state index is 0.0572. The number of halogens is 3. The van der Waals surface area contributed by atoms with Gasteiger partial charge in [-0.15, -0.1) is 0 Å². The van der Waals surface area contributed by atoms with Crippen molar-refractivity contribution in [1.82, 2.24) is 5.32 Å². The third kappa shape index (κ3) is 5.55. The van der Waals surface area contributed by atoms with E-state index in [1.54, 1.807) is 0 Å². The molecule has 1 aromatic carbocycles. The van der Waals surface area contributed by atoms with E-state index in [0.29, 0.717) is 11.8 Å². The summed E-state index contributed by atoms with van der Waals surface area (Å²) in [6, 6.07) is 4.59. The molecule has 124 valence electrons. The van der Waals surface area contributed by atoms with Crippen LogP contribution in [0.2, 0.25) is 0 Å². The summed E-state index contributed by atoms with van der Waals surface area (Å²) < 4.78 is 37.3. The van der Waals surface area contributed by atoms with Gasteiger partial charge in [-0.25, -0.2) is 4.79 Å². The lowest BCUT2D eigenvalue weighted by atomic mass is 10.2. The monoisotopic (exact) mass is 382 g/mol. The Balaban J connectivity index is 1.89. The molecule has 2 atom stereocenters. The third-order valence-corrected chi connectivity index (χ3v) is 4.55. The van der Waals surface area contributed by atoms with Crippen molar-refractivity contribution >= 4 is 51.8 Å². The second-order valence-electron chi connectivity index (χ2n) is 4.09. The number of nitrogens with one attached hydrogen (secondary N) is 2. The fourth-order valence-corrected chi connectivity index (χ4v) is 3.52. The first kappa shape index (κ1) is 17.8. The van der Waals surface area contributed by atoms with Gasteiger partial charge in [0.05, 0.1) is 5.56 Å². The van der Waals surface area contributed by atoms with Gasteiger partial charge in [-0.1, -0.05) is 17.8 Å². The lowest BCUT2D eigenvalue weighted by Crippen LogP contribution is -2.34.